The number of hydrogen-bond donors (Lipinski definition) is 2. The molecule has 1 rings (SSSR count). The lowest BCUT2D eigenvalue weighted by molar-refractivity contribution is -0.192. The zero-order valence-corrected chi connectivity index (χ0v) is 8.67. The van der Waals surface area contributed by atoms with Crippen molar-refractivity contribution < 1.29 is 23.1 Å². The van der Waals surface area contributed by atoms with Gasteiger partial charge in [0.05, 0.1) is 0 Å². The van der Waals surface area contributed by atoms with Gasteiger partial charge in [-0.3, -0.25) is 5.32 Å². The molecule has 13 heavy (non-hydrogen) atoms. The molecule has 0 bridgehead atoms. The van der Waals surface area contributed by atoms with E-state index >= 15 is 0 Å². The average molecular weight is 282 g/mol. The highest BCUT2D eigenvalue weighted by Gasteiger charge is 2.38. The molecule has 0 aromatic rings. The van der Waals surface area contributed by atoms with Crippen LogP contribution in [-0.2, 0) is 4.79 Å². The first-order valence-electron chi connectivity index (χ1n) is 3.13. The van der Waals surface area contributed by atoms with Gasteiger partial charge in [0.25, 0.3) is 0 Å². The predicted molar refractivity (Wildman–Crippen MR) is 46.9 cm³/mol. The molecule has 1 fully saturated rings. The van der Waals surface area contributed by atoms with Crippen molar-refractivity contribution in [1.29, 1.82) is 0 Å². The molecular formula is C5H7BrF3NO2S. The van der Waals surface area contributed by atoms with Crippen LogP contribution in [0.1, 0.15) is 0 Å². The topological polar surface area (TPSA) is 49.3 Å². The third-order valence-electron chi connectivity index (χ3n) is 0.914. The van der Waals surface area contributed by atoms with E-state index in [1.165, 1.54) is 5.75 Å². The van der Waals surface area contributed by atoms with Gasteiger partial charge < -0.3 is 5.11 Å². The van der Waals surface area contributed by atoms with Gasteiger partial charge in [0.1, 0.15) is 4.28 Å². The molecule has 0 spiro atoms. The SMILES string of the molecule is BrC1NCCS1.O=C(O)C(F)(F)F. The van der Waals surface area contributed by atoms with Crippen molar-refractivity contribution in [2.75, 3.05) is 12.3 Å². The quantitative estimate of drug-likeness (QED) is 0.524. The smallest absolute Gasteiger partial charge is 0.475 e. The number of carbonyl (C=O) groups is 1. The molecule has 0 aromatic heterocycles. The molecule has 1 saturated heterocycles. The second-order valence-electron chi connectivity index (χ2n) is 1.94. The van der Waals surface area contributed by atoms with Gasteiger partial charge in [-0.2, -0.15) is 13.2 Å². The van der Waals surface area contributed by atoms with Crippen LogP contribution in [0.3, 0.4) is 0 Å². The molecule has 0 amide bonds. The number of carboxylic acids is 1. The summed E-state index contributed by atoms with van der Waals surface area (Å²) >= 11 is 5.29. The van der Waals surface area contributed by atoms with Gasteiger partial charge in [0.15, 0.2) is 0 Å². The van der Waals surface area contributed by atoms with E-state index in [0.717, 1.165) is 6.54 Å². The standard InChI is InChI=1S/C3H6BrNS.C2HF3O2/c4-3-5-1-2-6-3;3-2(4,5)1(6)7/h3,5H,1-2H2;(H,6,7). The summed E-state index contributed by atoms with van der Waals surface area (Å²) in [6.07, 6.45) is -5.08. The first-order chi connectivity index (χ1) is 5.84. The largest absolute Gasteiger partial charge is 0.490 e. The minimum atomic E-state index is -5.08. The average Bonchev–Trinajstić information content (AvgIpc) is 2.38. The van der Waals surface area contributed by atoms with Crippen LogP contribution in [0.4, 0.5) is 13.2 Å². The number of rotatable bonds is 0. The molecule has 2 N–H and O–H groups in total. The summed E-state index contributed by atoms with van der Waals surface area (Å²) in [4.78, 5) is 8.90. The summed E-state index contributed by atoms with van der Waals surface area (Å²) in [6.45, 7) is 1.15. The molecule has 1 atom stereocenters. The molecule has 1 unspecified atom stereocenters. The van der Waals surface area contributed by atoms with E-state index in [1.54, 1.807) is 0 Å². The van der Waals surface area contributed by atoms with Crippen molar-refractivity contribution in [2.24, 2.45) is 0 Å². The number of aliphatic carboxylic acids is 1. The van der Waals surface area contributed by atoms with Gasteiger partial charge in [0, 0.05) is 12.3 Å². The molecule has 1 aliphatic rings. The fraction of sp³-hybridized carbons (Fsp3) is 0.800. The van der Waals surface area contributed by atoms with Gasteiger partial charge in [-0.15, -0.1) is 11.8 Å². The fourth-order valence-corrected chi connectivity index (χ4v) is 1.86. The number of nitrogens with one attached hydrogen (secondary N) is 1. The Kier molecular flexibility index (Phi) is 5.73. The van der Waals surface area contributed by atoms with Gasteiger partial charge in [-0.1, -0.05) is 15.9 Å². The molecule has 1 heterocycles. The molecular weight excluding hydrogens is 275 g/mol. The molecule has 8 heteroatoms. The molecule has 1 aliphatic heterocycles. The Morgan fingerprint density at radius 3 is 2.15 bits per heavy atom. The minimum Gasteiger partial charge on any atom is -0.475 e. The lowest BCUT2D eigenvalue weighted by Crippen LogP contribution is -2.21. The zero-order valence-electron chi connectivity index (χ0n) is 6.27. The van der Waals surface area contributed by atoms with Gasteiger partial charge in [-0.05, 0) is 0 Å². The van der Waals surface area contributed by atoms with Crippen LogP contribution in [0.25, 0.3) is 0 Å². The summed E-state index contributed by atoms with van der Waals surface area (Å²) in [6, 6.07) is 0. The van der Waals surface area contributed by atoms with E-state index in [0.29, 0.717) is 4.28 Å². The van der Waals surface area contributed by atoms with Crippen LogP contribution in [0.5, 0.6) is 0 Å². The van der Waals surface area contributed by atoms with E-state index in [9.17, 15) is 13.2 Å². The van der Waals surface area contributed by atoms with Crippen molar-refractivity contribution in [3.05, 3.63) is 0 Å². The summed E-state index contributed by atoms with van der Waals surface area (Å²) in [5.41, 5.74) is 0. The van der Waals surface area contributed by atoms with Crippen LogP contribution in [0.15, 0.2) is 0 Å². The van der Waals surface area contributed by atoms with E-state index in [2.05, 4.69) is 21.2 Å². The van der Waals surface area contributed by atoms with Crippen LogP contribution < -0.4 is 5.32 Å². The van der Waals surface area contributed by atoms with E-state index in [-0.39, 0.29) is 0 Å². The maximum absolute atomic E-state index is 10.6. The highest BCUT2D eigenvalue weighted by atomic mass is 79.9. The number of carboxylic acid groups (broad SMARTS) is 1. The van der Waals surface area contributed by atoms with Crippen molar-refractivity contribution in [1.82, 2.24) is 5.32 Å². The number of thioether (sulfide) groups is 1. The molecule has 0 radical (unpaired) electrons. The Balaban J connectivity index is 0.000000223. The van der Waals surface area contributed by atoms with Crippen molar-refractivity contribution in [3.63, 3.8) is 0 Å². The van der Waals surface area contributed by atoms with Gasteiger partial charge in [-0.25, -0.2) is 4.79 Å². The van der Waals surface area contributed by atoms with E-state index in [4.69, 9.17) is 9.90 Å². The maximum atomic E-state index is 10.6. The lowest BCUT2D eigenvalue weighted by Gasteiger charge is -1.93. The molecule has 0 aliphatic carbocycles. The molecule has 0 saturated carbocycles. The van der Waals surface area contributed by atoms with Gasteiger partial charge >= 0.3 is 12.1 Å². The third-order valence-corrected chi connectivity index (χ3v) is 2.93. The highest BCUT2D eigenvalue weighted by Crippen LogP contribution is 2.17. The van der Waals surface area contributed by atoms with Crippen LogP contribution in [0, 0.1) is 0 Å². The van der Waals surface area contributed by atoms with Crippen molar-refractivity contribution >= 4 is 33.7 Å². The first kappa shape index (κ1) is 13.1. The van der Waals surface area contributed by atoms with Gasteiger partial charge in [0.2, 0.25) is 0 Å². The lowest BCUT2D eigenvalue weighted by atomic mass is 10.7. The first-order valence-corrected chi connectivity index (χ1v) is 5.09. The van der Waals surface area contributed by atoms with Crippen LogP contribution >= 0.6 is 27.7 Å². The normalized spacial score (nSPS) is 22.0. The predicted octanol–water partition coefficient (Wildman–Crippen LogP) is 1.63. The second kappa shape index (κ2) is 5.71. The highest BCUT2D eigenvalue weighted by molar-refractivity contribution is 9.11. The molecule has 0 aromatic carbocycles. The van der Waals surface area contributed by atoms with E-state index in [1.807, 2.05) is 11.8 Å². The monoisotopic (exact) mass is 281 g/mol. The summed E-state index contributed by atoms with van der Waals surface area (Å²) < 4.78 is 32.3. The molecule has 78 valence electrons. The van der Waals surface area contributed by atoms with Crippen molar-refractivity contribution in [2.45, 2.75) is 10.5 Å². The Labute approximate surface area is 85.2 Å². The fourth-order valence-electron chi connectivity index (χ4n) is 0.394. The Morgan fingerprint density at radius 1 is 1.62 bits per heavy atom. The molecule has 3 nitrogen and oxygen atoms in total. The number of alkyl halides is 4. The second-order valence-corrected chi connectivity index (χ2v) is 4.68. The maximum Gasteiger partial charge on any atom is 0.490 e. The Hall–Kier alpha value is 0.0500. The van der Waals surface area contributed by atoms with Crippen LogP contribution in [0.2, 0.25) is 0 Å². The summed E-state index contributed by atoms with van der Waals surface area (Å²) in [5.74, 6) is -1.51. The minimum absolute atomic E-state index is 0.525. The zero-order chi connectivity index (χ0) is 10.5. The Morgan fingerprint density at radius 2 is 2.08 bits per heavy atom. The van der Waals surface area contributed by atoms with E-state index < -0.39 is 12.1 Å². The van der Waals surface area contributed by atoms with Crippen molar-refractivity contribution in [3.8, 4) is 0 Å². The summed E-state index contributed by atoms with van der Waals surface area (Å²) in [7, 11) is 0. The van der Waals surface area contributed by atoms with Crippen LogP contribution in [-0.4, -0.2) is 33.8 Å². The number of halogens is 4. The summed E-state index contributed by atoms with van der Waals surface area (Å²) in [5, 5.41) is 10.3. The number of hydrogen-bond acceptors (Lipinski definition) is 3. The third kappa shape index (κ3) is 7.15. The Bertz CT molecular complexity index is 172.